The maximum atomic E-state index is 11.6. The number of rotatable bonds is 3. The standard InChI is InChI=1S/C14H24O3/c1-9(2)7-14(16)17-13-8-11(15)5-6-12(13)10(3)4/h7,10-13,15H,5-6,8H2,1-4H3/t11-,12+,13-/m1/s1. The quantitative estimate of drug-likeness (QED) is 0.609. The molecule has 1 N–H and O–H groups in total. The minimum absolute atomic E-state index is 0.137. The van der Waals surface area contributed by atoms with Crippen LogP contribution < -0.4 is 0 Å². The molecule has 3 nitrogen and oxygen atoms in total. The van der Waals surface area contributed by atoms with E-state index in [1.54, 1.807) is 0 Å². The fourth-order valence-corrected chi connectivity index (χ4v) is 2.45. The number of allylic oxidation sites excluding steroid dienone is 1. The molecule has 1 aliphatic rings. The molecule has 98 valence electrons. The van der Waals surface area contributed by atoms with Gasteiger partial charge >= 0.3 is 5.97 Å². The van der Waals surface area contributed by atoms with E-state index in [1.165, 1.54) is 6.08 Å². The molecule has 1 fully saturated rings. The molecule has 1 saturated carbocycles. The lowest BCUT2D eigenvalue weighted by Gasteiger charge is -2.35. The summed E-state index contributed by atoms with van der Waals surface area (Å²) in [4.78, 5) is 11.6. The zero-order valence-electron chi connectivity index (χ0n) is 11.3. The zero-order valence-corrected chi connectivity index (χ0v) is 11.3. The van der Waals surface area contributed by atoms with Crippen molar-refractivity contribution in [3.8, 4) is 0 Å². The fraction of sp³-hybridized carbons (Fsp3) is 0.786. The van der Waals surface area contributed by atoms with Crippen molar-refractivity contribution in [3.63, 3.8) is 0 Å². The Kier molecular flexibility index (Phi) is 5.19. The Morgan fingerprint density at radius 3 is 2.53 bits per heavy atom. The van der Waals surface area contributed by atoms with Gasteiger partial charge in [-0.25, -0.2) is 4.79 Å². The molecule has 0 spiro atoms. The minimum atomic E-state index is -0.325. The molecule has 0 amide bonds. The molecule has 0 radical (unpaired) electrons. The third-order valence-corrected chi connectivity index (χ3v) is 3.35. The van der Waals surface area contributed by atoms with Crippen molar-refractivity contribution in [3.05, 3.63) is 11.6 Å². The summed E-state index contributed by atoms with van der Waals surface area (Å²) in [6.07, 6.45) is 3.38. The summed E-state index contributed by atoms with van der Waals surface area (Å²) in [6, 6.07) is 0. The minimum Gasteiger partial charge on any atom is -0.459 e. The van der Waals surface area contributed by atoms with Crippen LogP contribution in [-0.2, 0) is 9.53 Å². The molecular formula is C14H24O3. The second-order valence-electron chi connectivity index (χ2n) is 5.57. The number of hydrogen-bond donors (Lipinski definition) is 1. The molecule has 0 saturated heterocycles. The third-order valence-electron chi connectivity index (χ3n) is 3.35. The van der Waals surface area contributed by atoms with Gasteiger partial charge in [-0.05, 0) is 38.5 Å². The van der Waals surface area contributed by atoms with Crippen molar-refractivity contribution >= 4 is 5.97 Å². The maximum absolute atomic E-state index is 11.6. The number of hydrogen-bond acceptors (Lipinski definition) is 3. The largest absolute Gasteiger partial charge is 0.459 e. The molecule has 0 unspecified atom stereocenters. The molecule has 0 bridgehead atoms. The molecule has 0 aromatic rings. The first-order chi connectivity index (χ1) is 7.90. The van der Waals surface area contributed by atoms with Gasteiger partial charge in [-0.2, -0.15) is 0 Å². The smallest absolute Gasteiger partial charge is 0.330 e. The fourth-order valence-electron chi connectivity index (χ4n) is 2.45. The van der Waals surface area contributed by atoms with E-state index < -0.39 is 0 Å². The SMILES string of the molecule is CC(C)=CC(=O)O[C@@H]1C[C@H](O)CC[C@H]1C(C)C. The van der Waals surface area contributed by atoms with Gasteiger partial charge in [0.25, 0.3) is 0 Å². The monoisotopic (exact) mass is 240 g/mol. The number of esters is 1. The molecule has 0 aromatic heterocycles. The van der Waals surface area contributed by atoms with Crippen molar-refractivity contribution in [1.29, 1.82) is 0 Å². The van der Waals surface area contributed by atoms with Crippen LogP contribution in [0.4, 0.5) is 0 Å². The maximum Gasteiger partial charge on any atom is 0.330 e. The summed E-state index contributed by atoms with van der Waals surface area (Å²) in [5.41, 5.74) is 0.937. The molecule has 1 aliphatic carbocycles. The highest BCUT2D eigenvalue weighted by atomic mass is 16.5. The van der Waals surface area contributed by atoms with Gasteiger partial charge in [-0.1, -0.05) is 19.4 Å². The Bertz CT molecular complexity index is 290. The van der Waals surface area contributed by atoms with E-state index in [1.807, 2.05) is 13.8 Å². The van der Waals surface area contributed by atoms with E-state index in [4.69, 9.17) is 4.74 Å². The highest BCUT2D eigenvalue weighted by molar-refractivity contribution is 5.82. The molecule has 0 heterocycles. The first kappa shape index (κ1) is 14.2. The van der Waals surface area contributed by atoms with E-state index in [9.17, 15) is 9.90 Å². The van der Waals surface area contributed by atoms with E-state index in [0.717, 1.165) is 18.4 Å². The van der Waals surface area contributed by atoms with E-state index >= 15 is 0 Å². The van der Waals surface area contributed by atoms with Crippen molar-refractivity contribution in [2.24, 2.45) is 11.8 Å². The molecule has 1 rings (SSSR count). The van der Waals surface area contributed by atoms with Crippen LogP contribution in [0.1, 0.15) is 47.0 Å². The number of aliphatic hydroxyl groups excluding tert-OH is 1. The zero-order chi connectivity index (χ0) is 13.0. The van der Waals surface area contributed by atoms with Crippen LogP contribution >= 0.6 is 0 Å². The molecule has 3 heteroatoms. The lowest BCUT2D eigenvalue weighted by Crippen LogP contribution is -2.38. The van der Waals surface area contributed by atoms with Gasteiger partial charge in [0, 0.05) is 12.5 Å². The predicted molar refractivity (Wildman–Crippen MR) is 67.5 cm³/mol. The van der Waals surface area contributed by atoms with Crippen LogP contribution in [0.25, 0.3) is 0 Å². The molecule has 3 atom stereocenters. The second-order valence-corrected chi connectivity index (χ2v) is 5.57. The first-order valence-corrected chi connectivity index (χ1v) is 6.43. The first-order valence-electron chi connectivity index (χ1n) is 6.43. The average molecular weight is 240 g/mol. The number of carbonyl (C=O) groups excluding carboxylic acids is 1. The van der Waals surface area contributed by atoms with Gasteiger partial charge in [0.2, 0.25) is 0 Å². The van der Waals surface area contributed by atoms with E-state index in [2.05, 4.69) is 13.8 Å². The second kappa shape index (κ2) is 6.20. The predicted octanol–water partition coefficient (Wildman–Crippen LogP) is 2.68. The van der Waals surface area contributed by atoms with Gasteiger partial charge in [0.1, 0.15) is 6.10 Å². The van der Waals surface area contributed by atoms with Gasteiger partial charge in [0.05, 0.1) is 6.10 Å². The van der Waals surface area contributed by atoms with Crippen LogP contribution in [0.3, 0.4) is 0 Å². The molecule has 0 aliphatic heterocycles. The third kappa shape index (κ3) is 4.50. The van der Waals surface area contributed by atoms with Crippen molar-refractivity contribution < 1.29 is 14.6 Å². The molecular weight excluding hydrogens is 216 g/mol. The van der Waals surface area contributed by atoms with Crippen molar-refractivity contribution in [2.45, 2.75) is 59.2 Å². The Balaban J connectivity index is 2.64. The van der Waals surface area contributed by atoms with Crippen LogP contribution in [0.2, 0.25) is 0 Å². The highest BCUT2D eigenvalue weighted by Gasteiger charge is 2.33. The van der Waals surface area contributed by atoms with Crippen molar-refractivity contribution in [1.82, 2.24) is 0 Å². The van der Waals surface area contributed by atoms with Crippen LogP contribution in [-0.4, -0.2) is 23.3 Å². The van der Waals surface area contributed by atoms with Crippen molar-refractivity contribution in [2.75, 3.05) is 0 Å². The Morgan fingerprint density at radius 1 is 1.35 bits per heavy atom. The average Bonchev–Trinajstić information content (AvgIpc) is 2.15. The Morgan fingerprint density at radius 2 is 2.00 bits per heavy atom. The molecule has 17 heavy (non-hydrogen) atoms. The van der Waals surface area contributed by atoms with Crippen LogP contribution in [0.5, 0.6) is 0 Å². The Labute approximate surface area is 104 Å². The summed E-state index contributed by atoms with van der Waals surface area (Å²) < 4.78 is 5.47. The van der Waals surface area contributed by atoms with Gasteiger partial charge in [-0.15, -0.1) is 0 Å². The van der Waals surface area contributed by atoms with Crippen LogP contribution in [0, 0.1) is 11.8 Å². The normalized spacial score (nSPS) is 28.9. The van der Waals surface area contributed by atoms with Gasteiger partial charge in [0.15, 0.2) is 0 Å². The summed E-state index contributed by atoms with van der Waals surface area (Å²) >= 11 is 0. The highest BCUT2D eigenvalue weighted by Crippen LogP contribution is 2.32. The van der Waals surface area contributed by atoms with E-state index in [0.29, 0.717) is 18.3 Å². The number of ether oxygens (including phenoxy) is 1. The van der Waals surface area contributed by atoms with E-state index in [-0.39, 0.29) is 18.2 Å². The topological polar surface area (TPSA) is 46.5 Å². The summed E-state index contributed by atoms with van der Waals surface area (Å²) in [5, 5.41) is 9.67. The summed E-state index contributed by atoms with van der Waals surface area (Å²) in [7, 11) is 0. The molecule has 0 aromatic carbocycles. The number of aliphatic hydroxyl groups is 1. The lowest BCUT2D eigenvalue weighted by atomic mass is 9.78. The summed E-state index contributed by atoms with van der Waals surface area (Å²) in [6.45, 7) is 8.03. The summed E-state index contributed by atoms with van der Waals surface area (Å²) in [5.74, 6) is 0.565. The van der Waals surface area contributed by atoms with Gasteiger partial charge in [-0.3, -0.25) is 0 Å². The lowest BCUT2D eigenvalue weighted by molar-refractivity contribution is -0.151. The Hall–Kier alpha value is -0.830. The number of carbonyl (C=O) groups is 1. The van der Waals surface area contributed by atoms with Gasteiger partial charge < -0.3 is 9.84 Å². The van der Waals surface area contributed by atoms with Crippen LogP contribution in [0.15, 0.2) is 11.6 Å².